The molecule has 0 radical (unpaired) electrons. The predicted octanol–water partition coefficient (Wildman–Crippen LogP) is 2.29. The summed E-state index contributed by atoms with van der Waals surface area (Å²) in [6.45, 7) is 12.0. The Kier molecular flexibility index (Phi) is 15.5. The molecule has 0 unspecified atom stereocenters. The van der Waals surface area contributed by atoms with Crippen LogP contribution < -0.4 is 0 Å². The average Bonchev–Trinajstić information content (AvgIpc) is 3.60. The van der Waals surface area contributed by atoms with E-state index in [1.54, 1.807) is 12.5 Å². The second-order valence-electron chi connectivity index (χ2n) is 8.40. The molecule has 1 aliphatic heterocycles. The van der Waals surface area contributed by atoms with Crippen LogP contribution in [0.5, 0.6) is 0 Å². The summed E-state index contributed by atoms with van der Waals surface area (Å²) in [7, 11) is 0. The Labute approximate surface area is 214 Å². The van der Waals surface area contributed by atoms with E-state index in [4.69, 9.17) is 37.3 Å². The van der Waals surface area contributed by atoms with Crippen molar-refractivity contribution in [2.24, 2.45) is 0 Å². The zero-order chi connectivity index (χ0) is 24.9. The van der Waals surface area contributed by atoms with Crippen LogP contribution in [0.4, 0.5) is 0 Å². The van der Waals surface area contributed by atoms with E-state index in [2.05, 4.69) is 9.80 Å². The van der Waals surface area contributed by atoms with Gasteiger partial charge >= 0.3 is 0 Å². The molecule has 3 heterocycles. The average molecular weight is 511 g/mol. The highest BCUT2D eigenvalue weighted by Gasteiger charge is 2.11. The van der Waals surface area contributed by atoms with Gasteiger partial charge in [0.1, 0.15) is 24.7 Å². The Hall–Kier alpha value is -1.76. The molecular weight excluding hydrogens is 468 g/mol. The monoisotopic (exact) mass is 510 g/mol. The van der Waals surface area contributed by atoms with Crippen molar-refractivity contribution in [3.05, 3.63) is 48.3 Å². The van der Waals surface area contributed by atoms with Gasteiger partial charge < -0.3 is 37.3 Å². The third-order valence-corrected chi connectivity index (χ3v) is 5.70. The van der Waals surface area contributed by atoms with Gasteiger partial charge in [-0.25, -0.2) is 0 Å². The number of hydrogen-bond donors (Lipinski definition) is 0. The van der Waals surface area contributed by atoms with Gasteiger partial charge in [0.15, 0.2) is 0 Å². The molecule has 2 aromatic rings. The first kappa shape index (κ1) is 28.8. The highest BCUT2D eigenvalue weighted by atomic mass is 16.6. The lowest BCUT2D eigenvalue weighted by Gasteiger charge is -2.27. The maximum absolute atomic E-state index is 5.82. The molecule has 3 rings (SSSR count). The molecule has 10 heteroatoms. The van der Waals surface area contributed by atoms with Crippen LogP contribution in [0.3, 0.4) is 0 Å². The summed E-state index contributed by atoms with van der Waals surface area (Å²) >= 11 is 0. The Morgan fingerprint density at radius 2 is 0.972 bits per heavy atom. The second-order valence-corrected chi connectivity index (χ2v) is 8.40. The molecule has 0 N–H and O–H groups in total. The van der Waals surface area contributed by atoms with Gasteiger partial charge in [-0.2, -0.15) is 0 Å². The second kappa shape index (κ2) is 19.4. The van der Waals surface area contributed by atoms with Crippen LogP contribution in [0.15, 0.2) is 45.6 Å². The highest BCUT2D eigenvalue weighted by Crippen LogP contribution is 2.04. The Bertz CT molecular complexity index is 666. The van der Waals surface area contributed by atoms with E-state index in [1.165, 1.54) is 0 Å². The minimum atomic E-state index is 0.481. The molecule has 0 atom stereocenters. The Morgan fingerprint density at radius 3 is 1.36 bits per heavy atom. The van der Waals surface area contributed by atoms with Gasteiger partial charge in [-0.15, -0.1) is 0 Å². The SMILES string of the molecule is c1coc(COCCN2CCOCCOCCOCCOCCN(CCOCc3ccco3)CC2)c1. The van der Waals surface area contributed by atoms with E-state index < -0.39 is 0 Å². The van der Waals surface area contributed by atoms with Crippen LogP contribution in [0, 0.1) is 0 Å². The zero-order valence-corrected chi connectivity index (χ0v) is 21.4. The zero-order valence-electron chi connectivity index (χ0n) is 21.4. The first-order valence-electron chi connectivity index (χ1n) is 12.9. The quantitative estimate of drug-likeness (QED) is 0.444. The lowest BCUT2D eigenvalue weighted by molar-refractivity contribution is -0.0111. The summed E-state index contributed by atoms with van der Waals surface area (Å²) in [6, 6.07) is 7.59. The lowest BCUT2D eigenvalue weighted by Crippen LogP contribution is -2.41. The van der Waals surface area contributed by atoms with Crippen molar-refractivity contribution in [1.29, 1.82) is 0 Å². The molecule has 0 spiro atoms. The largest absolute Gasteiger partial charge is 0.467 e. The molecule has 1 saturated heterocycles. The highest BCUT2D eigenvalue weighted by molar-refractivity contribution is 4.96. The summed E-state index contributed by atoms with van der Waals surface area (Å²) in [4.78, 5) is 4.75. The van der Waals surface area contributed by atoms with E-state index in [-0.39, 0.29) is 0 Å². The van der Waals surface area contributed by atoms with Gasteiger partial charge in [-0.3, -0.25) is 9.80 Å². The summed E-state index contributed by atoms with van der Waals surface area (Å²) in [6.07, 6.45) is 3.33. The first-order valence-corrected chi connectivity index (χ1v) is 12.9. The first-order chi connectivity index (χ1) is 17.9. The van der Waals surface area contributed by atoms with E-state index in [0.29, 0.717) is 79.3 Å². The van der Waals surface area contributed by atoms with Crippen LogP contribution >= 0.6 is 0 Å². The van der Waals surface area contributed by atoms with Gasteiger partial charge in [0, 0.05) is 39.3 Å². The number of furan rings is 2. The van der Waals surface area contributed by atoms with Crippen molar-refractivity contribution < 1.29 is 37.3 Å². The topological polar surface area (TPSA) is 88.1 Å². The van der Waals surface area contributed by atoms with Crippen molar-refractivity contribution in [3.63, 3.8) is 0 Å². The van der Waals surface area contributed by atoms with Gasteiger partial charge in [0.25, 0.3) is 0 Å². The maximum atomic E-state index is 5.82. The van der Waals surface area contributed by atoms with Gasteiger partial charge in [-0.05, 0) is 24.3 Å². The van der Waals surface area contributed by atoms with Crippen molar-refractivity contribution in [2.45, 2.75) is 13.2 Å². The van der Waals surface area contributed by atoms with Crippen molar-refractivity contribution >= 4 is 0 Å². The third kappa shape index (κ3) is 13.5. The smallest absolute Gasteiger partial charge is 0.129 e. The van der Waals surface area contributed by atoms with Gasteiger partial charge in [0.2, 0.25) is 0 Å². The maximum Gasteiger partial charge on any atom is 0.129 e. The summed E-state index contributed by atoms with van der Waals surface area (Å²) < 4.78 is 45.0. The predicted molar refractivity (Wildman–Crippen MR) is 133 cm³/mol. The lowest BCUT2D eigenvalue weighted by atomic mass is 10.4. The fraction of sp³-hybridized carbons (Fsp3) is 0.692. The molecule has 0 saturated carbocycles. The van der Waals surface area contributed by atoms with Crippen LogP contribution in [-0.2, 0) is 41.6 Å². The van der Waals surface area contributed by atoms with E-state index in [1.807, 2.05) is 24.3 Å². The van der Waals surface area contributed by atoms with Crippen LogP contribution in [-0.4, -0.2) is 115 Å². The molecule has 10 nitrogen and oxygen atoms in total. The molecule has 204 valence electrons. The fourth-order valence-corrected chi connectivity index (χ4v) is 3.62. The third-order valence-electron chi connectivity index (χ3n) is 5.70. The number of rotatable bonds is 10. The summed E-state index contributed by atoms with van der Waals surface area (Å²) in [5, 5.41) is 0. The van der Waals surface area contributed by atoms with E-state index >= 15 is 0 Å². The van der Waals surface area contributed by atoms with E-state index in [0.717, 1.165) is 50.8 Å². The van der Waals surface area contributed by atoms with Gasteiger partial charge in [0.05, 0.1) is 78.6 Å². The van der Waals surface area contributed by atoms with Crippen LogP contribution in [0.2, 0.25) is 0 Å². The normalized spacial score (nSPS) is 19.1. The molecule has 0 amide bonds. The Balaban J connectivity index is 1.44. The van der Waals surface area contributed by atoms with Gasteiger partial charge in [-0.1, -0.05) is 0 Å². The molecule has 2 aromatic heterocycles. The molecular formula is C26H42N2O8. The minimum Gasteiger partial charge on any atom is -0.467 e. The molecule has 36 heavy (non-hydrogen) atoms. The van der Waals surface area contributed by atoms with Crippen molar-refractivity contribution in [2.75, 3.05) is 105 Å². The van der Waals surface area contributed by atoms with Crippen LogP contribution in [0.25, 0.3) is 0 Å². The molecule has 0 bridgehead atoms. The molecule has 1 fully saturated rings. The summed E-state index contributed by atoms with van der Waals surface area (Å²) in [5.41, 5.74) is 0. The molecule has 0 aromatic carbocycles. The number of nitrogens with zero attached hydrogens (tertiary/aromatic N) is 2. The molecule has 1 aliphatic rings. The van der Waals surface area contributed by atoms with Crippen molar-refractivity contribution in [3.8, 4) is 0 Å². The van der Waals surface area contributed by atoms with Crippen molar-refractivity contribution in [1.82, 2.24) is 9.80 Å². The molecule has 0 aliphatic carbocycles. The number of ether oxygens (including phenoxy) is 6. The Morgan fingerprint density at radius 1 is 0.556 bits per heavy atom. The fourth-order valence-electron chi connectivity index (χ4n) is 3.62. The minimum absolute atomic E-state index is 0.481. The number of hydrogen-bond acceptors (Lipinski definition) is 10. The van der Waals surface area contributed by atoms with E-state index in [9.17, 15) is 0 Å². The standard InChI is InChI=1S/C26H42N2O8/c1-3-25(35-11-1)23-33-15-9-27-5-6-28(10-16-34-24-26-4-2-12-36-26)8-14-30-18-20-32-22-21-31-19-17-29-13-7-27/h1-4,11-12H,5-10,13-24H2. The van der Waals surface area contributed by atoms with Crippen LogP contribution in [0.1, 0.15) is 11.5 Å². The summed E-state index contributed by atoms with van der Waals surface area (Å²) in [5.74, 6) is 1.67.